The highest BCUT2D eigenvalue weighted by molar-refractivity contribution is 6.20. The zero-order valence-corrected chi connectivity index (χ0v) is 37.2. The molecular weight excluding hydrogens is 797 g/mol. The molecule has 10 aromatic carbocycles. The molecule has 0 fully saturated rings. The molecule has 66 heavy (non-hydrogen) atoms. The van der Waals surface area contributed by atoms with E-state index in [1.54, 1.807) is 0 Å². The van der Waals surface area contributed by atoms with Crippen LogP contribution in [0.2, 0.25) is 0 Å². The number of nitrogens with zero attached hydrogens (tertiary/aromatic N) is 2. The van der Waals surface area contributed by atoms with Gasteiger partial charge in [-0.15, -0.1) is 0 Å². The first-order chi connectivity index (χ1) is 32.7. The van der Waals surface area contributed by atoms with Crippen molar-refractivity contribution in [1.82, 2.24) is 0 Å². The lowest BCUT2D eigenvalue weighted by atomic mass is 9.81. The highest BCUT2D eigenvalue weighted by Gasteiger charge is 2.25. The van der Waals surface area contributed by atoms with Crippen LogP contribution >= 0.6 is 0 Å². The molecule has 1 aliphatic carbocycles. The van der Waals surface area contributed by atoms with Gasteiger partial charge in [0.05, 0.1) is 0 Å². The molecule has 0 bridgehead atoms. The first-order valence-corrected chi connectivity index (χ1v) is 23.9. The smallest absolute Gasteiger partial charge is 0.0443 e. The van der Waals surface area contributed by atoms with Crippen molar-refractivity contribution in [3.63, 3.8) is 0 Å². The summed E-state index contributed by atoms with van der Waals surface area (Å²) < 4.78 is 0. The van der Waals surface area contributed by atoms with Crippen molar-refractivity contribution in [2.75, 3.05) is 22.9 Å². The number of hydrogen-bond acceptors (Lipinski definition) is 2. The summed E-state index contributed by atoms with van der Waals surface area (Å²) in [5.41, 5.74) is 18.4. The Morgan fingerprint density at radius 1 is 0.348 bits per heavy atom. The lowest BCUT2D eigenvalue weighted by Gasteiger charge is -2.33. The maximum absolute atomic E-state index is 2.57. The maximum Gasteiger partial charge on any atom is 0.0443 e. The summed E-state index contributed by atoms with van der Waals surface area (Å²) in [6.07, 6.45) is 11.5. The minimum Gasteiger partial charge on any atom is -0.341 e. The fourth-order valence-electron chi connectivity index (χ4n) is 11.5. The van der Waals surface area contributed by atoms with E-state index in [9.17, 15) is 0 Å². The third kappa shape index (κ3) is 6.71. The van der Waals surface area contributed by atoms with E-state index in [2.05, 4.69) is 216 Å². The van der Waals surface area contributed by atoms with Crippen LogP contribution in [0.1, 0.15) is 47.9 Å². The molecule has 0 N–H and O–H groups in total. The van der Waals surface area contributed by atoms with E-state index in [4.69, 9.17) is 0 Å². The molecule has 2 nitrogen and oxygen atoms in total. The molecule has 0 saturated carbocycles. The van der Waals surface area contributed by atoms with Crippen molar-refractivity contribution < 1.29 is 0 Å². The number of aryl methyl sites for hydroxylation is 2. The number of hydrogen-bond donors (Lipinski definition) is 0. The summed E-state index contributed by atoms with van der Waals surface area (Å²) in [5, 5.41) is 10.3. The van der Waals surface area contributed by atoms with Crippen molar-refractivity contribution in [3.05, 3.63) is 229 Å². The quantitative estimate of drug-likeness (QED) is 0.154. The number of fused-ring (bicyclic) bond motifs is 6. The molecule has 316 valence electrons. The van der Waals surface area contributed by atoms with Gasteiger partial charge in [-0.3, -0.25) is 0 Å². The molecule has 0 radical (unpaired) electrons. The Hall–Kier alpha value is -7.68. The predicted octanol–water partition coefficient (Wildman–Crippen LogP) is 17.1. The van der Waals surface area contributed by atoms with Gasteiger partial charge in [-0.05, 0) is 192 Å². The summed E-state index contributed by atoms with van der Waals surface area (Å²) >= 11 is 0. The minimum atomic E-state index is 0.978. The summed E-state index contributed by atoms with van der Waals surface area (Å²) in [6, 6.07) is 73.4. The van der Waals surface area contributed by atoms with E-state index in [1.165, 1.54) is 121 Å². The second-order valence-corrected chi connectivity index (χ2v) is 18.5. The van der Waals surface area contributed by atoms with Gasteiger partial charge in [0.15, 0.2) is 0 Å². The Bertz CT molecular complexity index is 3510. The molecule has 2 heteroatoms. The van der Waals surface area contributed by atoms with Crippen LogP contribution in [0, 0.1) is 0 Å². The maximum atomic E-state index is 2.57. The monoisotopic (exact) mass is 846 g/mol. The average Bonchev–Trinajstić information content (AvgIpc) is 3.39. The van der Waals surface area contributed by atoms with Crippen molar-refractivity contribution in [1.29, 1.82) is 0 Å². The van der Waals surface area contributed by atoms with Gasteiger partial charge in [-0.25, -0.2) is 0 Å². The predicted molar refractivity (Wildman–Crippen MR) is 283 cm³/mol. The van der Waals surface area contributed by atoms with Crippen LogP contribution in [0.25, 0.3) is 76.5 Å². The Kier molecular flexibility index (Phi) is 9.44. The normalized spacial score (nSPS) is 14.9. The van der Waals surface area contributed by atoms with E-state index in [1.807, 2.05) is 0 Å². The number of para-hydroxylation sites is 2. The Morgan fingerprint density at radius 2 is 0.879 bits per heavy atom. The molecule has 0 atom stereocenters. The molecule has 0 aromatic heterocycles. The van der Waals surface area contributed by atoms with Crippen LogP contribution in [0.15, 0.2) is 206 Å². The lowest BCUT2D eigenvalue weighted by molar-refractivity contribution is 0.767. The summed E-state index contributed by atoms with van der Waals surface area (Å²) in [4.78, 5) is 5.14. The standard InChI is InChI=1S/C64H50N2/c1-3-17-47-37-51(29-27-43(47)13-1)49-19-9-21-53(39-49)63-57-33-31-55(65-35-11-23-45-15-5-7-25-61(45)65)41-59(57)64(54-22-10-20-50(40-54)52-30-28-44-14-2-4-18-48(44)38-52)60-42-56(32-34-58(60)63)66-36-12-24-46-16-6-8-26-62(46)66/h1-9,13-21,25-34,37-42H,10-12,22-24,35-36H2. The number of benzene rings is 10. The van der Waals surface area contributed by atoms with Gasteiger partial charge in [-0.1, -0.05) is 152 Å². The van der Waals surface area contributed by atoms with Crippen molar-refractivity contribution in [3.8, 4) is 22.3 Å². The topological polar surface area (TPSA) is 6.48 Å². The summed E-state index contributed by atoms with van der Waals surface area (Å²) in [7, 11) is 0. The molecule has 10 aromatic rings. The first kappa shape index (κ1) is 38.8. The van der Waals surface area contributed by atoms with Gasteiger partial charge in [-0.2, -0.15) is 0 Å². The largest absolute Gasteiger partial charge is 0.341 e. The van der Waals surface area contributed by atoms with Crippen LogP contribution < -0.4 is 9.80 Å². The SMILES string of the molecule is C1=C(c2ccc3ccccc3c2)C=C(c2c3cc(N4CCCc5ccccc54)ccc3c(-c3cccc(-c4ccc5ccccc5c4)c3)c3ccc(N4CCCc5ccccc54)cc23)CC1. The van der Waals surface area contributed by atoms with E-state index in [0.717, 1.165) is 51.6 Å². The van der Waals surface area contributed by atoms with E-state index >= 15 is 0 Å². The van der Waals surface area contributed by atoms with E-state index in [0.29, 0.717) is 0 Å². The first-order valence-electron chi connectivity index (χ1n) is 23.9. The van der Waals surface area contributed by atoms with Gasteiger partial charge in [0.1, 0.15) is 0 Å². The fraction of sp³-hybridized carbons (Fsp3) is 0.125. The summed E-state index contributed by atoms with van der Waals surface area (Å²) in [5.74, 6) is 0. The van der Waals surface area contributed by atoms with Crippen molar-refractivity contribution in [2.24, 2.45) is 0 Å². The van der Waals surface area contributed by atoms with Crippen molar-refractivity contribution >= 4 is 77.0 Å². The molecule has 0 amide bonds. The third-order valence-corrected chi connectivity index (χ3v) is 14.7. The highest BCUT2D eigenvalue weighted by Crippen LogP contribution is 2.49. The number of anilines is 4. The molecule has 13 rings (SSSR count). The number of rotatable bonds is 6. The van der Waals surface area contributed by atoms with E-state index in [-0.39, 0.29) is 0 Å². The van der Waals surface area contributed by atoms with Crippen LogP contribution in [-0.4, -0.2) is 13.1 Å². The molecule has 0 spiro atoms. The minimum absolute atomic E-state index is 0.978. The van der Waals surface area contributed by atoms with Crippen LogP contribution in [-0.2, 0) is 12.8 Å². The second-order valence-electron chi connectivity index (χ2n) is 18.5. The van der Waals surface area contributed by atoms with Crippen molar-refractivity contribution in [2.45, 2.75) is 38.5 Å². The summed E-state index contributed by atoms with van der Waals surface area (Å²) in [6.45, 7) is 2.00. The Balaban J connectivity index is 1.08. The van der Waals surface area contributed by atoms with Gasteiger partial charge in [0.25, 0.3) is 0 Å². The zero-order valence-electron chi connectivity index (χ0n) is 37.2. The van der Waals surface area contributed by atoms with Gasteiger partial charge in [0.2, 0.25) is 0 Å². The van der Waals surface area contributed by atoms with E-state index < -0.39 is 0 Å². The molecule has 3 aliphatic rings. The third-order valence-electron chi connectivity index (χ3n) is 14.7. The fourth-order valence-corrected chi connectivity index (χ4v) is 11.5. The zero-order chi connectivity index (χ0) is 43.6. The second kappa shape index (κ2) is 16.1. The molecule has 2 aliphatic heterocycles. The molecular formula is C64H50N2. The van der Waals surface area contributed by atoms with Crippen LogP contribution in [0.4, 0.5) is 22.7 Å². The Labute approximate surface area is 387 Å². The van der Waals surface area contributed by atoms with Crippen LogP contribution in [0.5, 0.6) is 0 Å². The molecule has 0 saturated heterocycles. The van der Waals surface area contributed by atoms with Gasteiger partial charge in [0, 0.05) is 35.8 Å². The van der Waals surface area contributed by atoms with Gasteiger partial charge < -0.3 is 9.80 Å². The molecule has 0 unspecified atom stereocenters. The van der Waals surface area contributed by atoms with Gasteiger partial charge >= 0.3 is 0 Å². The average molecular weight is 847 g/mol. The highest BCUT2D eigenvalue weighted by atomic mass is 15.1. The van der Waals surface area contributed by atoms with Crippen LogP contribution in [0.3, 0.4) is 0 Å². The molecule has 2 heterocycles. The number of allylic oxidation sites excluding steroid dienone is 4. The Morgan fingerprint density at radius 3 is 1.52 bits per heavy atom. The lowest BCUT2D eigenvalue weighted by Crippen LogP contribution is -2.24.